The molecular formula is C16H15N. The molecule has 0 saturated carbocycles. The van der Waals surface area contributed by atoms with Gasteiger partial charge in [0.2, 0.25) is 0 Å². The third-order valence-electron chi connectivity index (χ3n) is 2.82. The summed E-state index contributed by atoms with van der Waals surface area (Å²) in [6.45, 7) is 15.6. The van der Waals surface area contributed by atoms with Crippen molar-refractivity contribution in [3.05, 3.63) is 66.7 Å². The number of nitrogens with zero attached hydrogens (tertiary/aromatic N) is 1. The second kappa shape index (κ2) is 4.30. The number of para-hydroxylation sites is 1. The van der Waals surface area contributed by atoms with Crippen LogP contribution in [0.1, 0.15) is 0 Å². The molecule has 2 rings (SSSR count). The summed E-state index contributed by atoms with van der Waals surface area (Å²) in [6.07, 6.45) is 5.48. The van der Waals surface area contributed by atoms with Crippen molar-refractivity contribution in [3.63, 3.8) is 0 Å². The molecule has 0 fully saturated rings. The molecule has 0 atom stereocenters. The number of benzene rings is 1. The lowest BCUT2D eigenvalue weighted by Crippen LogP contribution is -2.26. The van der Waals surface area contributed by atoms with Crippen molar-refractivity contribution < 1.29 is 0 Å². The van der Waals surface area contributed by atoms with Crippen molar-refractivity contribution in [1.82, 2.24) is 4.57 Å². The minimum absolute atomic E-state index is 0.829. The van der Waals surface area contributed by atoms with Crippen molar-refractivity contribution in [2.24, 2.45) is 0 Å². The average Bonchev–Trinajstić information content (AvgIpc) is 2.63. The normalized spacial score (nSPS) is 11.6. The summed E-state index contributed by atoms with van der Waals surface area (Å²) in [5, 5.41) is 3.15. The van der Waals surface area contributed by atoms with Gasteiger partial charge < -0.3 is 4.57 Å². The molecule has 0 aliphatic carbocycles. The molecule has 0 radical (unpaired) electrons. The van der Waals surface area contributed by atoms with Gasteiger partial charge in [-0.05, 0) is 12.1 Å². The zero-order valence-electron chi connectivity index (χ0n) is 9.82. The van der Waals surface area contributed by atoms with E-state index in [0.717, 1.165) is 27.2 Å². The molecule has 1 nitrogen and oxygen atoms in total. The number of hydrogen-bond acceptors (Lipinski definition) is 0. The highest BCUT2D eigenvalue weighted by Gasteiger charge is 2.05. The van der Waals surface area contributed by atoms with E-state index in [1.807, 2.05) is 22.8 Å². The van der Waals surface area contributed by atoms with Crippen molar-refractivity contribution >= 4 is 29.3 Å². The number of rotatable bonds is 3. The molecule has 1 heteroatoms. The predicted octanol–water partition coefficient (Wildman–Crippen LogP) is 2.67. The van der Waals surface area contributed by atoms with E-state index in [9.17, 15) is 0 Å². The van der Waals surface area contributed by atoms with Crippen LogP contribution in [-0.4, -0.2) is 4.57 Å². The molecule has 1 aromatic heterocycles. The smallest absolute Gasteiger partial charge is 0.0540 e. The van der Waals surface area contributed by atoms with Crippen LogP contribution in [0.2, 0.25) is 0 Å². The Hall–Kier alpha value is -2.28. The molecule has 0 bridgehead atoms. The Kier molecular flexibility index (Phi) is 2.84. The van der Waals surface area contributed by atoms with Gasteiger partial charge in [-0.15, -0.1) is 0 Å². The molecule has 0 aliphatic rings. The van der Waals surface area contributed by atoms with Crippen molar-refractivity contribution in [1.29, 1.82) is 0 Å². The highest BCUT2D eigenvalue weighted by molar-refractivity contribution is 5.86. The average molecular weight is 221 g/mol. The Morgan fingerprint density at radius 1 is 1.18 bits per heavy atom. The van der Waals surface area contributed by atoms with E-state index in [1.54, 1.807) is 12.2 Å². The van der Waals surface area contributed by atoms with Crippen LogP contribution < -0.4 is 10.6 Å². The summed E-state index contributed by atoms with van der Waals surface area (Å²) in [5.41, 5.74) is 1.92. The van der Waals surface area contributed by atoms with Gasteiger partial charge >= 0.3 is 0 Å². The van der Waals surface area contributed by atoms with Crippen LogP contribution in [0.15, 0.2) is 56.2 Å². The fourth-order valence-corrected chi connectivity index (χ4v) is 2.04. The van der Waals surface area contributed by atoms with Gasteiger partial charge in [0.1, 0.15) is 0 Å². The topological polar surface area (TPSA) is 4.93 Å². The van der Waals surface area contributed by atoms with Gasteiger partial charge in [-0.3, -0.25) is 0 Å². The van der Waals surface area contributed by atoms with E-state index < -0.39 is 0 Å². The van der Waals surface area contributed by atoms with Crippen LogP contribution in [-0.2, 0) is 0 Å². The Bertz CT molecular complexity index is 714. The lowest BCUT2D eigenvalue weighted by molar-refractivity contribution is 1.12. The molecule has 0 spiro atoms. The van der Waals surface area contributed by atoms with Crippen LogP contribution in [0.5, 0.6) is 0 Å². The van der Waals surface area contributed by atoms with Gasteiger partial charge in [-0.25, -0.2) is 0 Å². The van der Waals surface area contributed by atoms with Gasteiger partial charge in [0, 0.05) is 21.7 Å². The summed E-state index contributed by atoms with van der Waals surface area (Å²) < 4.78 is 2.01. The number of allylic oxidation sites excluding steroid dienone is 3. The zero-order valence-corrected chi connectivity index (χ0v) is 9.82. The lowest BCUT2D eigenvalue weighted by atomic mass is 10.2. The molecule has 1 heterocycles. The van der Waals surface area contributed by atoms with E-state index >= 15 is 0 Å². The standard InChI is InChI=1S/C16H15N/c1-5-9-14-13(4)17(12(3)6-2)16-11-8-7-10-15(14)16/h5-11H,1-4H2/b14-9+. The van der Waals surface area contributed by atoms with Crippen molar-refractivity contribution in [2.45, 2.75) is 0 Å². The Labute approximate surface area is 101 Å². The quantitative estimate of drug-likeness (QED) is 0.702. The fourth-order valence-electron chi connectivity index (χ4n) is 2.04. The van der Waals surface area contributed by atoms with Gasteiger partial charge in [0.15, 0.2) is 0 Å². The number of fused-ring (bicyclic) bond motifs is 1. The van der Waals surface area contributed by atoms with E-state index in [2.05, 4.69) is 38.4 Å². The largest absolute Gasteiger partial charge is 0.310 e. The lowest BCUT2D eigenvalue weighted by Gasteiger charge is -2.04. The predicted molar refractivity (Wildman–Crippen MR) is 76.9 cm³/mol. The molecule has 84 valence electrons. The van der Waals surface area contributed by atoms with Crippen LogP contribution in [0.3, 0.4) is 0 Å². The summed E-state index contributed by atoms with van der Waals surface area (Å²) in [4.78, 5) is 0. The summed E-state index contributed by atoms with van der Waals surface area (Å²) in [5.74, 6) is 0. The minimum Gasteiger partial charge on any atom is -0.310 e. The fraction of sp³-hybridized carbons (Fsp3) is 0. The van der Waals surface area contributed by atoms with Crippen molar-refractivity contribution in [3.8, 4) is 0 Å². The molecule has 0 aliphatic heterocycles. The molecular weight excluding hydrogens is 206 g/mol. The maximum Gasteiger partial charge on any atom is 0.0540 e. The summed E-state index contributed by atoms with van der Waals surface area (Å²) >= 11 is 0. The third-order valence-corrected chi connectivity index (χ3v) is 2.82. The maximum atomic E-state index is 4.12. The third kappa shape index (κ3) is 1.66. The first-order valence-electron chi connectivity index (χ1n) is 5.43. The highest BCUT2D eigenvalue weighted by atomic mass is 15.0. The van der Waals surface area contributed by atoms with Gasteiger partial charge in [0.05, 0.1) is 5.52 Å². The second-order valence-corrected chi connectivity index (χ2v) is 3.81. The van der Waals surface area contributed by atoms with Crippen LogP contribution >= 0.6 is 0 Å². The van der Waals surface area contributed by atoms with Crippen LogP contribution in [0.25, 0.3) is 29.3 Å². The molecule has 0 saturated heterocycles. The Morgan fingerprint density at radius 3 is 2.53 bits per heavy atom. The highest BCUT2D eigenvalue weighted by Crippen LogP contribution is 2.12. The Balaban J connectivity index is 3.05. The van der Waals surface area contributed by atoms with Crippen LogP contribution in [0, 0.1) is 0 Å². The summed E-state index contributed by atoms with van der Waals surface area (Å²) in [7, 11) is 0. The second-order valence-electron chi connectivity index (χ2n) is 3.81. The monoisotopic (exact) mass is 221 g/mol. The van der Waals surface area contributed by atoms with Gasteiger partial charge in [0.25, 0.3) is 0 Å². The molecule has 0 amide bonds. The minimum atomic E-state index is 0.829. The molecule has 0 N–H and O–H groups in total. The van der Waals surface area contributed by atoms with Gasteiger partial charge in [-0.2, -0.15) is 0 Å². The first kappa shape index (κ1) is 11.2. The molecule has 0 unspecified atom stereocenters. The first-order chi connectivity index (χ1) is 8.20. The number of aromatic nitrogens is 1. The molecule has 17 heavy (non-hydrogen) atoms. The van der Waals surface area contributed by atoms with Crippen molar-refractivity contribution in [2.75, 3.05) is 0 Å². The van der Waals surface area contributed by atoms with Crippen LogP contribution in [0.4, 0.5) is 0 Å². The van der Waals surface area contributed by atoms with E-state index in [-0.39, 0.29) is 0 Å². The summed E-state index contributed by atoms with van der Waals surface area (Å²) in [6, 6.07) is 8.15. The first-order valence-corrected chi connectivity index (χ1v) is 5.43. The molecule has 1 aromatic carbocycles. The zero-order chi connectivity index (χ0) is 12.4. The van der Waals surface area contributed by atoms with E-state index in [4.69, 9.17) is 0 Å². The Morgan fingerprint density at radius 2 is 1.88 bits per heavy atom. The maximum absolute atomic E-state index is 4.12. The van der Waals surface area contributed by atoms with Gasteiger partial charge in [-0.1, -0.05) is 56.7 Å². The van der Waals surface area contributed by atoms with E-state index in [0.29, 0.717) is 0 Å². The van der Waals surface area contributed by atoms with E-state index in [1.165, 1.54) is 0 Å². The molecule has 2 aromatic rings. The number of hydrogen-bond donors (Lipinski definition) is 0. The SMILES string of the molecule is C=C/C=c1\c(=C)n(C(=C)C=C)c2ccccc12.